The lowest BCUT2D eigenvalue weighted by Crippen LogP contribution is -2.36. The Hall–Kier alpha value is -1.67. The van der Waals surface area contributed by atoms with Crippen molar-refractivity contribution in [2.24, 2.45) is 0 Å². The van der Waals surface area contributed by atoms with Crippen LogP contribution in [0.25, 0.3) is 10.2 Å². The number of hydrogen-bond acceptors (Lipinski definition) is 6. The molecule has 1 aromatic carbocycles. The number of sulfone groups is 1. The summed E-state index contributed by atoms with van der Waals surface area (Å²) in [6.07, 6.45) is -0.0678. The van der Waals surface area contributed by atoms with Crippen molar-refractivity contribution in [3.63, 3.8) is 0 Å². The van der Waals surface area contributed by atoms with Crippen LogP contribution in [0.2, 0.25) is 0 Å². The van der Waals surface area contributed by atoms with Gasteiger partial charge in [0.1, 0.15) is 5.60 Å². The number of nitrogens with zero attached hydrogens (tertiary/aromatic N) is 2. The molecule has 8 heteroatoms. The SMILES string of the molecule is CC(C)(C)OC(=O)N1CCC(S(=O)(=O)c2nc3ccccc3s2)C1. The number of benzene rings is 1. The molecule has 1 aliphatic rings. The van der Waals surface area contributed by atoms with Crippen molar-refractivity contribution >= 4 is 37.5 Å². The highest BCUT2D eigenvalue weighted by Gasteiger charge is 2.39. The zero-order valence-electron chi connectivity index (χ0n) is 13.9. The number of para-hydroxylation sites is 1. The van der Waals surface area contributed by atoms with Crippen LogP contribution in [0, 0.1) is 0 Å². The lowest BCUT2D eigenvalue weighted by atomic mass is 10.2. The number of likely N-dealkylation sites (tertiary alicyclic amines) is 1. The quantitative estimate of drug-likeness (QED) is 0.814. The maximum absolute atomic E-state index is 12.8. The molecule has 1 aromatic heterocycles. The molecule has 1 unspecified atom stereocenters. The predicted molar refractivity (Wildman–Crippen MR) is 93.0 cm³/mol. The Morgan fingerprint density at radius 3 is 2.71 bits per heavy atom. The van der Waals surface area contributed by atoms with Crippen LogP contribution >= 0.6 is 11.3 Å². The average molecular weight is 368 g/mol. The Balaban J connectivity index is 1.78. The average Bonchev–Trinajstić information content (AvgIpc) is 3.13. The van der Waals surface area contributed by atoms with Gasteiger partial charge < -0.3 is 9.64 Å². The van der Waals surface area contributed by atoms with Crippen molar-refractivity contribution in [2.75, 3.05) is 13.1 Å². The molecule has 6 nitrogen and oxygen atoms in total. The summed E-state index contributed by atoms with van der Waals surface area (Å²) in [7, 11) is -3.55. The van der Waals surface area contributed by atoms with Gasteiger partial charge in [-0.3, -0.25) is 0 Å². The molecule has 1 aliphatic heterocycles. The molecule has 1 fully saturated rings. The fourth-order valence-corrected chi connectivity index (χ4v) is 5.73. The first kappa shape index (κ1) is 17.2. The minimum absolute atomic E-state index is 0.125. The summed E-state index contributed by atoms with van der Waals surface area (Å²) >= 11 is 1.18. The topological polar surface area (TPSA) is 76.6 Å². The zero-order chi connectivity index (χ0) is 17.5. The molecule has 24 heavy (non-hydrogen) atoms. The summed E-state index contributed by atoms with van der Waals surface area (Å²) in [6.45, 7) is 5.89. The van der Waals surface area contributed by atoms with Crippen LogP contribution in [0.5, 0.6) is 0 Å². The third-order valence-corrected chi connectivity index (χ3v) is 7.37. The van der Waals surface area contributed by atoms with E-state index in [1.807, 2.05) is 18.2 Å². The van der Waals surface area contributed by atoms with Gasteiger partial charge in [0, 0.05) is 13.1 Å². The van der Waals surface area contributed by atoms with Crippen LogP contribution in [-0.4, -0.2) is 48.3 Å². The number of thiazole rings is 1. The Labute approximate surface area is 145 Å². The van der Waals surface area contributed by atoms with E-state index in [1.165, 1.54) is 16.2 Å². The van der Waals surface area contributed by atoms with E-state index in [9.17, 15) is 13.2 Å². The van der Waals surface area contributed by atoms with Crippen molar-refractivity contribution in [1.29, 1.82) is 0 Å². The second kappa shape index (κ2) is 6.00. The van der Waals surface area contributed by atoms with E-state index in [1.54, 1.807) is 26.8 Å². The molecule has 0 aliphatic carbocycles. The number of aromatic nitrogens is 1. The van der Waals surface area contributed by atoms with Crippen molar-refractivity contribution in [3.05, 3.63) is 24.3 Å². The molecule has 0 radical (unpaired) electrons. The molecule has 0 bridgehead atoms. The van der Waals surface area contributed by atoms with Gasteiger partial charge >= 0.3 is 6.09 Å². The number of carbonyl (C=O) groups excluding carboxylic acids is 1. The van der Waals surface area contributed by atoms with Gasteiger partial charge in [-0.05, 0) is 39.3 Å². The highest BCUT2D eigenvalue weighted by atomic mass is 32.2. The highest BCUT2D eigenvalue weighted by molar-refractivity contribution is 7.94. The molecule has 0 spiro atoms. The van der Waals surface area contributed by atoms with Gasteiger partial charge in [-0.2, -0.15) is 0 Å². The number of hydrogen-bond donors (Lipinski definition) is 0. The number of ether oxygens (including phenoxy) is 1. The lowest BCUT2D eigenvalue weighted by molar-refractivity contribution is 0.0295. The third-order valence-electron chi connectivity index (χ3n) is 3.75. The summed E-state index contributed by atoms with van der Waals surface area (Å²) in [5.41, 5.74) is 0.0872. The van der Waals surface area contributed by atoms with Crippen LogP contribution < -0.4 is 0 Å². The Morgan fingerprint density at radius 1 is 1.33 bits per heavy atom. The lowest BCUT2D eigenvalue weighted by Gasteiger charge is -2.24. The van der Waals surface area contributed by atoms with Crippen molar-refractivity contribution < 1.29 is 17.9 Å². The van der Waals surface area contributed by atoms with Crippen molar-refractivity contribution in [2.45, 2.75) is 42.4 Å². The van der Waals surface area contributed by atoms with E-state index >= 15 is 0 Å². The second-order valence-corrected chi connectivity index (χ2v) is 10.3. The monoisotopic (exact) mass is 368 g/mol. The number of amides is 1. The third kappa shape index (κ3) is 3.39. The van der Waals surface area contributed by atoms with E-state index in [4.69, 9.17) is 4.74 Å². The number of carbonyl (C=O) groups is 1. The molecule has 2 aromatic rings. The van der Waals surface area contributed by atoms with Crippen molar-refractivity contribution in [1.82, 2.24) is 9.88 Å². The molecular formula is C16H20N2O4S2. The van der Waals surface area contributed by atoms with Gasteiger partial charge in [0.2, 0.25) is 14.2 Å². The molecule has 1 saturated heterocycles. The van der Waals surface area contributed by atoms with Gasteiger partial charge in [0.25, 0.3) is 0 Å². The predicted octanol–water partition coefficient (Wildman–Crippen LogP) is 3.08. The van der Waals surface area contributed by atoms with Crippen LogP contribution in [0.4, 0.5) is 4.79 Å². The second-order valence-electron chi connectivity index (χ2n) is 6.83. The summed E-state index contributed by atoms with van der Waals surface area (Å²) in [4.78, 5) is 17.8. The van der Waals surface area contributed by atoms with Gasteiger partial charge in [-0.1, -0.05) is 12.1 Å². The molecule has 2 heterocycles. The number of rotatable bonds is 2. The van der Waals surface area contributed by atoms with Crippen molar-refractivity contribution in [3.8, 4) is 0 Å². The number of fused-ring (bicyclic) bond motifs is 1. The normalized spacial score (nSPS) is 19.0. The summed E-state index contributed by atoms with van der Waals surface area (Å²) < 4.78 is 31.9. The molecule has 0 N–H and O–H groups in total. The van der Waals surface area contributed by atoms with Gasteiger partial charge in [-0.25, -0.2) is 18.2 Å². The summed E-state index contributed by atoms with van der Waals surface area (Å²) in [5, 5.41) is -0.634. The maximum Gasteiger partial charge on any atom is 0.410 e. The van der Waals surface area contributed by atoms with E-state index in [0.717, 1.165) is 4.70 Å². The van der Waals surface area contributed by atoms with Crippen LogP contribution in [0.15, 0.2) is 28.6 Å². The Bertz CT molecular complexity index is 835. The Morgan fingerprint density at radius 2 is 2.04 bits per heavy atom. The van der Waals surface area contributed by atoms with Gasteiger partial charge in [-0.15, -0.1) is 11.3 Å². The standard InChI is InChI=1S/C16H20N2O4S2/c1-16(2,3)22-15(19)18-9-8-11(10-18)24(20,21)14-17-12-6-4-5-7-13(12)23-14/h4-7,11H,8-10H2,1-3H3. The van der Waals surface area contributed by atoms with E-state index in [-0.39, 0.29) is 10.9 Å². The van der Waals surface area contributed by atoms with E-state index < -0.39 is 26.8 Å². The Kier molecular flexibility index (Phi) is 4.29. The largest absolute Gasteiger partial charge is 0.444 e. The summed E-state index contributed by atoms with van der Waals surface area (Å²) in [5.74, 6) is 0. The van der Waals surface area contributed by atoms with E-state index in [2.05, 4.69) is 4.98 Å². The van der Waals surface area contributed by atoms with Crippen LogP contribution in [0.1, 0.15) is 27.2 Å². The highest BCUT2D eigenvalue weighted by Crippen LogP contribution is 2.31. The zero-order valence-corrected chi connectivity index (χ0v) is 15.5. The summed E-state index contributed by atoms with van der Waals surface area (Å²) in [6, 6.07) is 7.34. The first-order valence-corrected chi connectivity index (χ1v) is 10.1. The van der Waals surface area contributed by atoms with Gasteiger partial charge in [0.05, 0.1) is 15.5 Å². The fourth-order valence-electron chi connectivity index (χ4n) is 2.59. The smallest absolute Gasteiger partial charge is 0.410 e. The van der Waals surface area contributed by atoms with Crippen LogP contribution in [0.3, 0.4) is 0 Å². The first-order chi connectivity index (χ1) is 11.2. The minimum Gasteiger partial charge on any atom is -0.444 e. The first-order valence-electron chi connectivity index (χ1n) is 7.74. The molecule has 1 atom stereocenters. The molecule has 1 amide bonds. The van der Waals surface area contributed by atoms with E-state index in [0.29, 0.717) is 18.5 Å². The molecular weight excluding hydrogens is 348 g/mol. The molecule has 0 saturated carbocycles. The molecule has 130 valence electrons. The fraction of sp³-hybridized carbons (Fsp3) is 0.500. The maximum atomic E-state index is 12.8. The van der Waals surface area contributed by atoms with Crippen LogP contribution in [-0.2, 0) is 14.6 Å². The minimum atomic E-state index is -3.55. The molecule has 3 rings (SSSR count). The van der Waals surface area contributed by atoms with Gasteiger partial charge in [0.15, 0.2) is 0 Å².